The molecule has 2 rings (SSSR count). The van der Waals surface area contributed by atoms with Gasteiger partial charge in [-0.25, -0.2) is 4.79 Å². The second-order valence-corrected chi connectivity index (χ2v) is 5.19. The van der Waals surface area contributed by atoms with Crippen molar-refractivity contribution in [2.24, 2.45) is 0 Å². The first-order valence-corrected chi connectivity index (χ1v) is 6.28. The minimum absolute atomic E-state index is 0. The molecule has 0 spiro atoms. The fraction of sp³-hybridized carbons (Fsp3) is 0.0833. The normalized spacial score (nSPS) is 11.4. The summed E-state index contributed by atoms with van der Waals surface area (Å²) in [6.45, 7) is 0. The molecular formula is C12H15N4NaO2S. The van der Waals surface area contributed by atoms with E-state index in [-0.39, 0.29) is 31.0 Å². The summed E-state index contributed by atoms with van der Waals surface area (Å²) in [6.07, 6.45) is 0. The summed E-state index contributed by atoms with van der Waals surface area (Å²) in [4.78, 5) is 11.9. The van der Waals surface area contributed by atoms with Crippen LogP contribution in [0.2, 0.25) is 0 Å². The Balaban J connectivity index is 0.00000200. The summed E-state index contributed by atoms with van der Waals surface area (Å²) in [7, 11) is 0. The first-order valence-electron chi connectivity index (χ1n) is 5.46. The first kappa shape index (κ1) is 16.6. The predicted octanol–water partition coefficient (Wildman–Crippen LogP) is -1.15. The fourth-order valence-corrected chi connectivity index (χ4v) is 2.53. The molecule has 0 aliphatic heterocycles. The first-order chi connectivity index (χ1) is 8.95. The van der Waals surface area contributed by atoms with Gasteiger partial charge in [-0.3, -0.25) is 0 Å². The third kappa shape index (κ3) is 4.04. The van der Waals surface area contributed by atoms with E-state index in [4.69, 9.17) is 17.2 Å². The number of rotatable bonds is 4. The molecule has 0 saturated heterocycles. The Hall–Kier alpha value is -1.41. The molecule has 8 N–H and O–H groups in total. The average molecular weight is 302 g/mol. The van der Waals surface area contributed by atoms with Crippen LogP contribution in [-0.2, 0) is 4.79 Å². The zero-order valence-electron chi connectivity index (χ0n) is 12.0. The van der Waals surface area contributed by atoms with Crippen LogP contribution in [-0.4, -0.2) is 11.1 Å². The van der Waals surface area contributed by atoms with E-state index >= 15 is 0 Å². The maximum Gasteiger partial charge on any atom is 1.00 e. The van der Waals surface area contributed by atoms with Gasteiger partial charge in [-0.15, -0.1) is 11.3 Å². The van der Waals surface area contributed by atoms with Crippen LogP contribution < -0.4 is 52.1 Å². The standard InChI is InChI=1S/C12H14N4O2S.Na.H/c13-6-3-7(14)5-8(4-6)16-11(12(17)18)9-1-2-10(15)19-9;;/h1-5,11,16H,13-15H2,(H,17,18);;/q;+1;-1. The van der Waals surface area contributed by atoms with Gasteiger partial charge in [0.25, 0.3) is 0 Å². The van der Waals surface area contributed by atoms with Gasteiger partial charge >= 0.3 is 35.5 Å². The van der Waals surface area contributed by atoms with Crippen molar-refractivity contribution in [1.82, 2.24) is 0 Å². The Bertz CT molecular complexity index is 603. The number of hydrogen-bond acceptors (Lipinski definition) is 6. The summed E-state index contributed by atoms with van der Waals surface area (Å²) in [6, 6.07) is 7.33. The molecule has 1 aromatic heterocycles. The molecule has 0 saturated carbocycles. The van der Waals surface area contributed by atoms with Gasteiger partial charge in [-0.2, -0.15) is 0 Å². The van der Waals surface area contributed by atoms with Crippen molar-refractivity contribution < 1.29 is 40.9 Å². The van der Waals surface area contributed by atoms with Gasteiger partial charge in [-0.05, 0) is 30.3 Å². The third-order valence-electron chi connectivity index (χ3n) is 2.47. The van der Waals surface area contributed by atoms with E-state index in [0.29, 0.717) is 26.9 Å². The van der Waals surface area contributed by atoms with Crippen LogP contribution >= 0.6 is 11.3 Å². The smallest absolute Gasteiger partial charge is 1.00 e. The SMILES string of the molecule is Nc1cc(N)cc(NC(C(=O)O)c2ccc(N)s2)c1.[H-].[Na+]. The minimum atomic E-state index is -0.997. The molecule has 0 radical (unpaired) electrons. The quantitative estimate of drug-likeness (QED) is 0.358. The van der Waals surface area contributed by atoms with Crippen LogP contribution in [0.15, 0.2) is 30.3 Å². The van der Waals surface area contributed by atoms with Gasteiger partial charge in [-0.1, -0.05) is 0 Å². The summed E-state index contributed by atoms with van der Waals surface area (Å²) >= 11 is 1.22. The van der Waals surface area contributed by atoms with E-state index in [9.17, 15) is 9.90 Å². The Morgan fingerprint density at radius 1 is 1.20 bits per heavy atom. The van der Waals surface area contributed by atoms with Crippen molar-refractivity contribution in [3.63, 3.8) is 0 Å². The summed E-state index contributed by atoms with van der Waals surface area (Å²) in [5.74, 6) is -0.997. The third-order valence-corrected chi connectivity index (χ3v) is 3.45. The van der Waals surface area contributed by atoms with Crippen LogP contribution in [0, 0.1) is 0 Å². The van der Waals surface area contributed by atoms with Crippen LogP contribution in [0.1, 0.15) is 12.3 Å². The molecular weight excluding hydrogens is 287 g/mol. The number of benzene rings is 1. The van der Waals surface area contributed by atoms with E-state index < -0.39 is 12.0 Å². The maximum atomic E-state index is 11.3. The predicted molar refractivity (Wildman–Crippen MR) is 79.1 cm³/mol. The number of nitrogens with two attached hydrogens (primary N) is 3. The summed E-state index contributed by atoms with van der Waals surface area (Å²) in [5.41, 5.74) is 18.4. The van der Waals surface area contributed by atoms with Gasteiger partial charge in [0, 0.05) is 21.9 Å². The Kier molecular flexibility index (Phi) is 5.70. The second kappa shape index (κ2) is 6.85. The molecule has 1 aromatic carbocycles. The Morgan fingerprint density at radius 3 is 2.25 bits per heavy atom. The van der Waals surface area contributed by atoms with Crippen LogP contribution in [0.5, 0.6) is 0 Å². The van der Waals surface area contributed by atoms with Gasteiger partial charge in [0.05, 0.1) is 5.00 Å². The number of aliphatic carboxylic acids is 1. The summed E-state index contributed by atoms with van der Waals surface area (Å²) in [5, 5.41) is 12.7. The molecule has 2 aromatic rings. The topological polar surface area (TPSA) is 127 Å². The number of hydrogen-bond donors (Lipinski definition) is 5. The molecule has 1 unspecified atom stereocenters. The average Bonchev–Trinajstić information content (AvgIpc) is 2.70. The number of thiophene rings is 1. The molecule has 1 atom stereocenters. The molecule has 0 aliphatic rings. The van der Waals surface area contributed by atoms with Crippen molar-refractivity contribution in [3.8, 4) is 0 Å². The van der Waals surface area contributed by atoms with Crippen molar-refractivity contribution in [2.45, 2.75) is 6.04 Å². The van der Waals surface area contributed by atoms with Crippen LogP contribution in [0.4, 0.5) is 22.1 Å². The van der Waals surface area contributed by atoms with Crippen molar-refractivity contribution in [3.05, 3.63) is 35.2 Å². The van der Waals surface area contributed by atoms with Gasteiger partial charge < -0.3 is 29.1 Å². The molecule has 0 bridgehead atoms. The van der Waals surface area contributed by atoms with E-state index in [0.717, 1.165) is 0 Å². The van der Waals surface area contributed by atoms with E-state index in [1.165, 1.54) is 11.3 Å². The largest absolute Gasteiger partial charge is 1.00 e. The number of anilines is 4. The van der Waals surface area contributed by atoms with Crippen molar-refractivity contribution >= 4 is 39.4 Å². The monoisotopic (exact) mass is 302 g/mol. The Labute approximate surface area is 143 Å². The Morgan fingerprint density at radius 2 is 1.80 bits per heavy atom. The van der Waals surface area contributed by atoms with Gasteiger partial charge in [0.15, 0.2) is 6.04 Å². The molecule has 102 valence electrons. The zero-order valence-corrected chi connectivity index (χ0v) is 13.8. The fourth-order valence-electron chi connectivity index (χ4n) is 1.70. The van der Waals surface area contributed by atoms with E-state index in [1.807, 2.05) is 0 Å². The number of carbonyl (C=O) groups is 1. The molecule has 6 nitrogen and oxygen atoms in total. The molecule has 1 heterocycles. The van der Waals surface area contributed by atoms with Gasteiger partial charge in [0.1, 0.15) is 0 Å². The molecule has 8 heteroatoms. The van der Waals surface area contributed by atoms with Crippen molar-refractivity contribution in [2.75, 3.05) is 22.5 Å². The number of nitrogen functional groups attached to an aromatic ring is 3. The van der Waals surface area contributed by atoms with Crippen LogP contribution in [0.25, 0.3) is 0 Å². The maximum absolute atomic E-state index is 11.3. The van der Waals surface area contributed by atoms with Crippen LogP contribution in [0.3, 0.4) is 0 Å². The van der Waals surface area contributed by atoms with E-state index in [2.05, 4.69) is 5.32 Å². The second-order valence-electron chi connectivity index (χ2n) is 4.04. The molecule has 0 fully saturated rings. The van der Waals surface area contributed by atoms with E-state index in [1.54, 1.807) is 30.3 Å². The summed E-state index contributed by atoms with van der Waals surface area (Å²) < 4.78 is 0. The molecule has 0 aliphatic carbocycles. The number of carboxylic acids is 1. The number of nitrogens with one attached hydrogen (secondary N) is 1. The van der Waals surface area contributed by atoms with Crippen molar-refractivity contribution in [1.29, 1.82) is 0 Å². The minimum Gasteiger partial charge on any atom is -1.00 e. The molecule has 0 amide bonds. The van der Waals surface area contributed by atoms with Gasteiger partial charge in [0.2, 0.25) is 0 Å². The molecule has 20 heavy (non-hydrogen) atoms. The zero-order chi connectivity index (χ0) is 14.0. The number of carboxylic acid groups (broad SMARTS) is 1.